The van der Waals surface area contributed by atoms with E-state index in [2.05, 4.69) is 208 Å². The van der Waals surface area contributed by atoms with Gasteiger partial charge in [0.15, 0.2) is 0 Å². The molecule has 0 N–H and O–H groups in total. The average molecular weight is 1730 g/mol. The van der Waals surface area contributed by atoms with Crippen LogP contribution in [-0.4, -0.2) is 102 Å². The van der Waals surface area contributed by atoms with Gasteiger partial charge >= 0.3 is 0 Å². The third-order valence-corrected chi connectivity index (χ3v) is 52.5. The quantitative estimate of drug-likeness (QED) is 0.0323. The van der Waals surface area contributed by atoms with Gasteiger partial charge in [-0.3, -0.25) is 0 Å². The highest BCUT2D eigenvalue weighted by atomic mass is 32.2. The molecule has 0 aromatic rings. The second-order valence-electron chi connectivity index (χ2n) is 34.6. The smallest absolute Gasteiger partial charge is 0.110 e. The molecule has 6 aliphatic carbocycles. The highest BCUT2D eigenvalue weighted by Gasteiger charge is 2.75. The van der Waals surface area contributed by atoms with E-state index in [0.29, 0.717) is 10.5 Å². The molecule has 107 heavy (non-hydrogen) atoms. The molecule has 0 bridgehead atoms. The Balaban J connectivity index is 1.93. The molecular weight excluding hydrogens is 1550 g/mol. The van der Waals surface area contributed by atoms with Gasteiger partial charge in [0.1, 0.15) is 8.16 Å². The van der Waals surface area contributed by atoms with Gasteiger partial charge in [0.2, 0.25) is 0 Å². The van der Waals surface area contributed by atoms with Crippen LogP contribution in [0.3, 0.4) is 0 Å². The number of hydrogen-bond acceptors (Lipinski definition) is 13. The Labute approximate surface area is 726 Å². The Morgan fingerprint density at radius 1 is 0.206 bits per heavy atom. The first-order valence-electron chi connectivity index (χ1n) is 48.2. The van der Waals surface area contributed by atoms with Gasteiger partial charge in [-0.15, -0.1) is 129 Å². The van der Waals surface area contributed by atoms with Crippen molar-refractivity contribution in [3.8, 4) is 0 Å². The SMILES string of the molecule is CCCCCCCCSC1(SC2(SCCCCCCCC)CCCCC(SCCCCC)C(SCCCCCC)(SC3CCCCC3)C2(SCCCCCCC)SC2CCCCCC2)CCCCC(SCCCCC)C(SCCCCCC)(SC2CCCCC2)C1(SCCCCCCC)SC1CCCCCC1. The van der Waals surface area contributed by atoms with E-state index in [1.54, 1.807) is 0 Å². The summed E-state index contributed by atoms with van der Waals surface area (Å²) in [4.78, 5) is 0. The van der Waals surface area contributed by atoms with Crippen molar-refractivity contribution >= 4 is 153 Å². The predicted molar refractivity (Wildman–Crippen MR) is 527 cm³/mol. The number of unbranched alkanes of at least 4 members (excludes halogenated alkanes) is 28. The molecule has 0 aliphatic heterocycles. The van der Waals surface area contributed by atoms with Gasteiger partial charge < -0.3 is 0 Å². The van der Waals surface area contributed by atoms with Gasteiger partial charge in [-0.1, -0.05) is 351 Å². The van der Waals surface area contributed by atoms with E-state index >= 15 is 0 Å². The van der Waals surface area contributed by atoms with Crippen LogP contribution in [-0.2, 0) is 0 Å². The van der Waals surface area contributed by atoms with E-state index < -0.39 is 0 Å². The van der Waals surface area contributed by atoms with Crippen LogP contribution < -0.4 is 0 Å². The fourth-order valence-corrected chi connectivity index (χ4v) is 50.7. The highest BCUT2D eigenvalue weighted by molar-refractivity contribution is 8.34. The van der Waals surface area contributed by atoms with E-state index in [4.69, 9.17) is 0 Å². The van der Waals surface area contributed by atoms with Crippen LogP contribution in [0.4, 0.5) is 0 Å². The third kappa shape index (κ3) is 34.4. The van der Waals surface area contributed by atoms with E-state index in [9.17, 15) is 0 Å². The Hall–Kier alpha value is 4.55. The third-order valence-electron chi connectivity index (χ3n) is 25.1. The molecule has 13 heteroatoms. The summed E-state index contributed by atoms with van der Waals surface area (Å²) < 4.78 is 0.226. The summed E-state index contributed by atoms with van der Waals surface area (Å²) in [6.07, 6.45) is 94.3. The first kappa shape index (κ1) is 100. The normalized spacial score (nSPS) is 28.1. The predicted octanol–water partition coefficient (Wildman–Crippen LogP) is 36.9. The molecule has 6 fully saturated rings. The van der Waals surface area contributed by atoms with Crippen LogP contribution in [0.15, 0.2) is 0 Å². The first-order valence-corrected chi connectivity index (χ1v) is 60.5. The van der Waals surface area contributed by atoms with Crippen molar-refractivity contribution in [2.75, 3.05) is 46.0 Å². The van der Waals surface area contributed by atoms with Crippen LogP contribution in [0.5, 0.6) is 0 Å². The second-order valence-corrected chi connectivity index (χ2v) is 54.6. The Bertz CT molecular complexity index is 1900. The minimum absolute atomic E-state index is 0.0120. The van der Waals surface area contributed by atoms with E-state index in [1.807, 2.05) is 0 Å². The molecule has 0 aromatic heterocycles. The molecule has 632 valence electrons. The number of thioether (sulfide) groups is 13. The zero-order valence-electron chi connectivity index (χ0n) is 72.1. The summed E-state index contributed by atoms with van der Waals surface area (Å²) in [5.74, 6) is 11.0. The maximum atomic E-state index is 3.03. The summed E-state index contributed by atoms with van der Waals surface area (Å²) in [6.45, 7) is 19.9. The lowest BCUT2D eigenvalue weighted by Crippen LogP contribution is -2.68. The van der Waals surface area contributed by atoms with Crippen LogP contribution in [0.1, 0.15) is 479 Å². The summed E-state index contributed by atoms with van der Waals surface area (Å²) in [5, 5.41) is 4.36. The minimum Gasteiger partial charge on any atom is -0.156 e. The molecule has 0 saturated heterocycles. The maximum absolute atomic E-state index is 3.03. The molecular formula is C94H178S13. The van der Waals surface area contributed by atoms with E-state index in [1.165, 1.54) is 470 Å². The van der Waals surface area contributed by atoms with Crippen molar-refractivity contribution in [3.63, 3.8) is 0 Å². The molecule has 8 unspecified atom stereocenters. The lowest BCUT2D eigenvalue weighted by atomic mass is 9.96. The number of hydrogen-bond donors (Lipinski definition) is 0. The average Bonchev–Trinajstić information content (AvgIpc) is 0.699. The molecule has 6 saturated carbocycles. The molecule has 0 radical (unpaired) electrons. The molecule has 0 aromatic carbocycles. The lowest BCUT2D eigenvalue weighted by Gasteiger charge is -2.68. The van der Waals surface area contributed by atoms with Crippen molar-refractivity contribution in [1.29, 1.82) is 0 Å². The molecule has 0 spiro atoms. The van der Waals surface area contributed by atoms with Gasteiger partial charge in [-0.25, -0.2) is 0 Å². The Morgan fingerprint density at radius 3 is 0.738 bits per heavy atom. The van der Waals surface area contributed by atoms with E-state index in [0.717, 1.165) is 21.0 Å². The van der Waals surface area contributed by atoms with Crippen molar-refractivity contribution in [2.45, 2.75) is 535 Å². The standard InChI is InChI=1S/C94H178S13/c1-9-17-25-31-39-59-77-97-89(73-53-51-71-87(95-75-55-23-15-7)91(99-79-57-29-21-13-5,103-83-63-47-41-48-64-83)93(89,101-81-61-37-27-19-11-3)105-85-67-43-33-34-44-68-85)107-90(98-78-60-40-32-26-18-10-2)74-54-52-72-88(96-76-56-24-16-8)92(100-80-58-30-22-14-6,104-84-65-49-42-50-66-84)94(90,102-82-62-38-28-20-12-4)106-86-69-45-35-36-46-70-86/h83-88H,9-82H2,1-8H3. The van der Waals surface area contributed by atoms with Crippen molar-refractivity contribution in [1.82, 2.24) is 0 Å². The van der Waals surface area contributed by atoms with E-state index in [-0.39, 0.29) is 24.5 Å². The Kier molecular flexibility index (Phi) is 58.7. The minimum atomic E-state index is 0.0120. The Morgan fingerprint density at radius 2 is 0.430 bits per heavy atom. The first-order chi connectivity index (χ1) is 52.7. The maximum Gasteiger partial charge on any atom is 0.110 e. The van der Waals surface area contributed by atoms with Crippen molar-refractivity contribution in [2.24, 2.45) is 0 Å². The van der Waals surface area contributed by atoms with Crippen LogP contribution in [0, 0.1) is 0 Å². The van der Waals surface area contributed by atoms with Crippen molar-refractivity contribution < 1.29 is 0 Å². The van der Waals surface area contributed by atoms with Gasteiger partial charge in [0, 0.05) is 31.5 Å². The summed E-state index contributed by atoms with van der Waals surface area (Å²) >= 11 is 36.5. The molecule has 0 nitrogen and oxygen atoms in total. The monoisotopic (exact) mass is 1720 g/mol. The van der Waals surface area contributed by atoms with Gasteiger partial charge in [0.05, 0.1) is 16.3 Å². The fraction of sp³-hybridized carbons (Fsp3) is 1.00. The van der Waals surface area contributed by atoms with Crippen LogP contribution >= 0.6 is 153 Å². The molecule has 0 amide bonds. The van der Waals surface area contributed by atoms with Crippen LogP contribution in [0.2, 0.25) is 0 Å². The lowest BCUT2D eigenvalue weighted by molar-refractivity contribution is 0.453. The second kappa shape index (κ2) is 62.6. The molecule has 6 rings (SSSR count). The highest BCUT2D eigenvalue weighted by Crippen LogP contribution is 2.82. The molecule has 8 atom stereocenters. The number of rotatable bonds is 62. The summed E-state index contributed by atoms with van der Waals surface area (Å²) in [5.41, 5.74) is 0. The van der Waals surface area contributed by atoms with Crippen LogP contribution in [0.25, 0.3) is 0 Å². The van der Waals surface area contributed by atoms with Gasteiger partial charge in [-0.05, 0) is 174 Å². The van der Waals surface area contributed by atoms with Gasteiger partial charge in [0.25, 0.3) is 0 Å². The molecule has 6 aliphatic rings. The van der Waals surface area contributed by atoms with Crippen molar-refractivity contribution in [3.05, 3.63) is 0 Å². The molecule has 0 heterocycles. The summed E-state index contributed by atoms with van der Waals surface area (Å²) in [6, 6.07) is 0. The van der Waals surface area contributed by atoms with Gasteiger partial charge in [-0.2, -0.15) is 23.5 Å². The largest absolute Gasteiger partial charge is 0.156 e. The summed E-state index contributed by atoms with van der Waals surface area (Å²) in [7, 11) is 0. The topological polar surface area (TPSA) is 0 Å². The zero-order chi connectivity index (χ0) is 76.0. The zero-order valence-corrected chi connectivity index (χ0v) is 82.7. The fourth-order valence-electron chi connectivity index (χ4n) is 18.7.